The van der Waals surface area contributed by atoms with Crippen LogP contribution >= 0.6 is 11.6 Å². The molecule has 2 aromatic rings. The van der Waals surface area contributed by atoms with Crippen LogP contribution in [0.2, 0.25) is 5.02 Å². The van der Waals surface area contributed by atoms with Gasteiger partial charge < -0.3 is 10.4 Å². The number of phenols is 1. The van der Waals surface area contributed by atoms with E-state index in [0.29, 0.717) is 10.7 Å². The van der Waals surface area contributed by atoms with Crippen molar-refractivity contribution >= 4 is 17.3 Å². The number of aromatic hydroxyl groups is 1. The maximum absolute atomic E-state index is 13.2. The summed E-state index contributed by atoms with van der Waals surface area (Å²) in [4.78, 5) is 0. The van der Waals surface area contributed by atoms with Gasteiger partial charge in [0.15, 0.2) is 0 Å². The van der Waals surface area contributed by atoms with E-state index in [1.165, 1.54) is 12.1 Å². The van der Waals surface area contributed by atoms with E-state index >= 15 is 0 Å². The van der Waals surface area contributed by atoms with Crippen molar-refractivity contribution in [3.8, 4) is 5.75 Å². The highest BCUT2D eigenvalue weighted by Gasteiger charge is 2.10. The zero-order chi connectivity index (χ0) is 13.1. The first-order valence-electron chi connectivity index (χ1n) is 5.57. The number of nitrogens with one attached hydrogen (secondary N) is 1. The Labute approximate surface area is 110 Å². The minimum Gasteiger partial charge on any atom is -0.508 e. The van der Waals surface area contributed by atoms with Crippen LogP contribution in [0.4, 0.5) is 10.1 Å². The SMILES string of the molecule is CC(Nc1cc(F)cc(Cl)c1)c1ccccc1O. The van der Waals surface area contributed by atoms with Crippen molar-refractivity contribution < 1.29 is 9.50 Å². The molecule has 2 N–H and O–H groups in total. The third-order valence-electron chi connectivity index (χ3n) is 2.65. The lowest BCUT2D eigenvalue weighted by molar-refractivity contribution is 0.465. The van der Waals surface area contributed by atoms with Crippen molar-refractivity contribution in [1.29, 1.82) is 0 Å². The standard InChI is InChI=1S/C14H13ClFNO/c1-9(13-4-2-3-5-14(13)18)17-12-7-10(15)6-11(16)8-12/h2-9,17-18H,1H3. The average molecular weight is 266 g/mol. The predicted octanol–water partition coefficient (Wildman–Crippen LogP) is 4.36. The zero-order valence-electron chi connectivity index (χ0n) is 9.82. The lowest BCUT2D eigenvalue weighted by atomic mass is 10.1. The first-order valence-corrected chi connectivity index (χ1v) is 5.94. The van der Waals surface area contributed by atoms with Crippen LogP contribution in [0.3, 0.4) is 0 Å². The van der Waals surface area contributed by atoms with Gasteiger partial charge in [-0.25, -0.2) is 4.39 Å². The Balaban J connectivity index is 2.21. The van der Waals surface area contributed by atoms with E-state index in [1.807, 2.05) is 19.1 Å². The summed E-state index contributed by atoms with van der Waals surface area (Å²) in [5.41, 5.74) is 1.33. The molecule has 0 fully saturated rings. The molecule has 0 saturated carbocycles. The number of phenolic OH excluding ortho intramolecular Hbond substituents is 1. The Morgan fingerprint density at radius 2 is 1.94 bits per heavy atom. The molecule has 0 radical (unpaired) electrons. The van der Waals surface area contributed by atoms with Crippen molar-refractivity contribution in [1.82, 2.24) is 0 Å². The summed E-state index contributed by atoms with van der Waals surface area (Å²) in [5.74, 6) is -0.186. The van der Waals surface area contributed by atoms with Crippen molar-refractivity contribution in [2.24, 2.45) is 0 Å². The highest BCUT2D eigenvalue weighted by molar-refractivity contribution is 6.30. The molecular weight excluding hydrogens is 253 g/mol. The first-order chi connectivity index (χ1) is 8.56. The van der Waals surface area contributed by atoms with E-state index in [-0.39, 0.29) is 11.8 Å². The van der Waals surface area contributed by atoms with Crippen LogP contribution in [0.25, 0.3) is 0 Å². The molecule has 0 bridgehead atoms. The second-order valence-corrected chi connectivity index (χ2v) is 4.52. The highest BCUT2D eigenvalue weighted by Crippen LogP contribution is 2.27. The maximum Gasteiger partial charge on any atom is 0.126 e. The summed E-state index contributed by atoms with van der Waals surface area (Å²) in [6.45, 7) is 1.88. The molecule has 0 aliphatic heterocycles. The normalized spacial score (nSPS) is 12.2. The first kappa shape index (κ1) is 12.7. The molecule has 0 aromatic heterocycles. The van der Waals surface area contributed by atoms with Gasteiger partial charge in [0.25, 0.3) is 0 Å². The summed E-state index contributed by atoms with van der Waals surface area (Å²) in [7, 11) is 0. The molecule has 94 valence electrons. The van der Waals surface area contributed by atoms with Gasteiger partial charge in [0.2, 0.25) is 0 Å². The molecule has 0 heterocycles. The molecule has 1 unspecified atom stereocenters. The van der Waals surface area contributed by atoms with Gasteiger partial charge in [-0.05, 0) is 31.2 Å². The summed E-state index contributed by atoms with van der Waals surface area (Å²) in [5, 5.41) is 13.2. The van der Waals surface area contributed by atoms with Crippen LogP contribution in [-0.4, -0.2) is 5.11 Å². The summed E-state index contributed by atoms with van der Waals surface area (Å²) in [6, 6.07) is 11.1. The summed E-state index contributed by atoms with van der Waals surface area (Å²) in [6.07, 6.45) is 0. The van der Waals surface area contributed by atoms with Gasteiger partial charge >= 0.3 is 0 Å². The molecule has 0 amide bonds. The van der Waals surface area contributed by atoms with Gasteiger partial charge in [0, 0.05) is 16.3 Å². The monoisotopic (exact) mass is 265 g/mol. The van der Waals surface area contributed by atoms with Crippen LogP contribution in [-0.2, 0) is 0 Å². The number of halogens is 2. The number of hydrogen-bond donors (Lipinski definition) is 2. The fraction of sp³-hybridized carbons (Fsp3) is 0.143. The topological polar surface area (TPSA) is 32.3 Å². The minimum absolute atomic E-state index is 0.149. The fourth-order valence-electron chi connectivity index (χ4n) is 1.82. The molecule has 0 spiro atoms. The fourth-order valence-corrected chi connectivity index (χ4v) is 2.04. The van der Waals surface area contributed by atoms with Gasteiger partial charge in [0.1, 0.15) is 11.6 Å². The molecule has 0 aliphatic carbocycles. The third kappa shape index (κ3) is 2.93. The van der Waals surface area contributed by atoms with Gasteiger partial charge in [-0.2, -0.15) is 0 Å². The number of anilines is 1. The largest absolute Gasteiger partial charge is 0.508 e. The van der Waals surface area contributed by atoms with Gasteiger partial charge in [0.05, 0.1) is 6.04 Å². The second kappa shape index (κ2) is 5.27. The van der Waals surface area contributed by atoms with Crippen molar-refractivity contribution in [2.75, 3.05) is 5.32 Å². The van der Waals surface area contributed by atoms with Gasteiger partial charge in [-0.15, -0.1) is 0 Å². The van der Waals surface area contributed by atoms with Crippen LogP contribution in [0, 0.1) is 5.82 Å². The van der Waals surface area contributed by atoms with E-state index in [9.17, 15) is 9.50 Å². The molecule has 18 heavy (non-hydrogen) atoms. The third-order valence-corrected chi connectivity index (χ3v) is 2.87. The zero-order valence-corrected chi connectivity index (χ0v) is 10.6. The molecular formula is C14H13ClFNO. The van der Waals surface area contributed by atoms with Crippen LogP contribution < -0.4 is 5.32 Å². The molecule has 1 atom stereocenters. The Bertz CT molecular complexity index is 539. The van der Waals surface area contributed by atoms with E-state index in [0.717, 1.165) is 5.56 Å². The van der Waals surface area contributed by atoms with E-state index in [1.54, 1.807) is 18.2 Å². The molecule has 2 rings (SSSR count). The van der Waals surface area contributed by atoms with Crippen molar-refractivity contribution in [3.05, 3.63) is 58.9 Å². The summed E-state index contributed by atoms with van der Waals surface area (Å²) >= 11 is 5.78. The number of benzene rings is 2. The Morgan fingerprint density at radius 3 is 2.61 bits per heavy atom. The van der Waals surface area contributed by atoms with Crippen LogP contribution in [0.5, 0.6) is 5.75 Å². The minimum atomic E-state index is -0.394. The number of para-hydroxylation sites is 1. The molecule has 4 heteroatoms. The van der Waals surface area contributed by atoms with E-state index < -0.39 is 5.82 Å². The molecule has 2 aromatic carbocycles. The molecule has 2 nitrogen and oxygen atoms in total. The quantitative estimate of drug-likeness (QED) is 0.864. The molecule has 0 saturated heterocycles. The maximum atomic E-state index is 13.2. The molecule has 0 aliphatic rings. The lowest BCUT2D eigenvalue weighted by Crippen LogP contribution is -2.06. The Morgan fingerprint density at radius 1 is 1.22 bits per heavy atom. The lowest BCUT2D eigenvalue weighted by Gasteiger charge is -2.17. The smallest absolute Gasteiger partial charge is 0.126 e. The summed E-state index contributed by atoms with van der Waals surface area (Å²) < 4.78 is 13.2. The van der Waals surface area contributed by atoms with E-state index in [4.69, 9.17) is 11.6 Å². The van der Waals surface area contributed by atoms with E-state index in [2.05, 4.69) is 5.32 Å². The number of hydrogen-bond acceptors (Lipinski definition) is 2. The van der Waals surface area contributed by atoms with Gasteiger partial charge in [-0.1, -0.05) is 29.8 Å². The number of rotatable bonds is 3. The van der Waals surface area contributed by atoms with Gasteiger partial charge in [-0.3, -0.25) is 0 Å². The Hall–Kier alpha value is -1.74. The van der Waals surface area contributed by atoms with Crippen LogP contribution in [0.1, 0.15) is 18.5 Å². The average Bonchev–Trinajstić information content (AvgIpc) is 2.27. The van der Waals surface area contributed by atoms with Crippen LogP contribution in [0.15, 0.2) is 42.5 Å². The second-order valence-electron chi connectivity index (χ2n) is 4.08. The highest BCUT2D eigenvalue weighted by atomic mass is 35.5. The van der Waals surface area contributed by atoms with Crippen molar-refractivity contribution in [2.45, 2.75) is 13.0 Å². The Kier molecular flexibility index (Phi) is 3.72. The van der Waals surface area contributed by atoms with Crippen molar-refractivity contribution in [3.63, 3.8) is 0 Å². The predicted molar refractivity (Wildman–Crippen MR) is 71.6 cm³/mol.